The van der Waals surface area contributed by atoms with Crippen molar-refractivity contribution in [2.24, 2.45) is 4.99 Å². The Morgan fingerprint density at radius 1 is 1.04 bits per heavy atom. The fraction of sp³-hybridized carbons (Fsp3) is 0.682. The summed E-state index contributed by atoms with van der Waals surface area (Å²) >= 11 is 0. The third-order valence-electron chi connectivity index (χ3n) is 5.77. The van der Waals surface area contributed by atoms with Crippen LogP contribution in [0.5, 0.6) is 0 Å². The molecule has 1 aromatic rings. The van der Waals surface area contributed by atoms with E-state index in [1.165, 1.54) is 5.56 Å². The molecule has 2 aliphatic heterocycles. The van der Waals surface area contributed by atoms with E-state index in [9.17, 15) is 0 Å². The van der Waals surface area contributed by atoms with Gasteiger partial charge < -0.3 is 20.1 Å². The fourth-order valence-corrected chi connectivity index (χ4v) is 4.00. The van der Waals surface area contributed by atoms with Crippen LogP contribution >= 0.6 is 0 Å². The van der Waals surface area contributed by atoms with Crippen LogP contribution in [0.2, 0.25) is 0 Å². The molecule has 0 unspecified atom stereocenters. The molecule has 6 heteroatoms. The Balaban J connectivity index is 1.55. The van der Waals surface area contributed by atoms with Crippen molar-refractivity contribution in [3.63, 3.8) is 0 Å². The maximum atomic E-state index is 5.64. The summed E-state index contributed by atoms with van der Waals surface area (Å²) in [7, 11) is 0. The predicted molar refractivity (Wildman–Crippen MR) is 114 cm³/mol. The van der Waals surface area contributed by atoms with Crippen molar-refractivity contribution >= 4 is 5.96 Å². The number of nitrogens with zero attached hydrogens (tertiary/aromatic N) is 2. The van der Waals surface area contributed by atoms with Crippen molar-refractivity contribution in [1.82, 2.24) is 15.5 Å². The average molecular weight is 389 g/mol. The lowest BCUT2D eigenvalue weighted by Gasteiger charge is -2.36. The van der Waals surface area contributed by atoms with E-state index in [4.69, 9.17) is 14.5 Å². The summed E-state index contributed by atoms with van der Waals surface area (Å²) in [5, 5.41) is 6.92. The van der Waals surface area contributed by atoms with Crippen LogP contribution < -0.4 is 10.6 Å². The second-order valence-corrected chi connectivity index (χ2v) is 7.69. The second kappa shape index (κ2) is 11.4. The molecule has 2 saturated heterocycles. The van der Waals surface area contributed by atoms with Gasteiger partial charge in [-0.05, 0) is 38.3 Å². The van der Waals surface area contributed by atoms with Gasteiger partial charge in [0.2, 0.25) is 0 Å². The summed E-state index contributed by atoms with van der Waals surface area (Å²) in [6.07, 6.45) is 3.16. The van der Waals surface area contributed by atoms with Crippen LogP contribution in [0.4, 0.5) is 0 Å². The number of hydrogen-bond acceptors (Lipinski definition) is 4. The van der Waals surface area contributed by atoms with Crippen LogP contribution in [-0.2, 0) is 14.9 Å². The number of hydrogen-bond donors (Lipinski definition) is 2. The Morgan fingerprint density at radius 2 is 1.75 bits per heavy atom. The van der Waals surface area contributed by atoms with Crippen LogP contribution in [0.25, 0.3) is 0 Å². The zero-order valence-electron chi connectivity index (χ0n) is 17.3. The summed E-state index contributed by atoms with van der Waals surface area (Å²) in [5.74, 6) is 0.922. The number of morpholine rings is 1. The van der Waals surface area contributed by atoms with Gasteiger partial charge in [-0.3, -0.25) is 9.89 Å². The molecular formula is C22H36N4O2. The first-order valence-corrected chi connectivity index (χ1v) is 10.8. The molecule has 0 amide bonds. The summed E-state index contributed by atoms with van der Waals surface area (Å²) in [6, 6.07) is 10.8. The van der Waals surface area contributed by atoms with E-state index in [-0.39, 0.29) is 5.41 Å². The van der Waals surface area contributed by atoms with Crippen LogP contribution in [-0.4, -0.2) is 76.6 Å². The number of benzene rings is 1. The summed E-state index contributed by atoms with van der Waals surface area (Å²) in [4.78, 5) is 7.45. The predicted octanol–water partition coefficient (Wildman–Crippen LogP) is 2.01. The largest absolute Gasteiger partial charge is 0.381 e. The molecule has 6 nitrogen and oxygen atoms in total. The van der Waals surface area contributed by atoms with Gasteiger partial charge in [-0.1, -0.05) is 30.3 Å². The molecule has 1 aromatic carbocycles. The topological polar surface area (TPSA) is 58.1 Å². The minimum atomic E-state index is 0.0790. The molecule has 0 atom stereocenters. The lowest BCUT2D eigenvalue weighted by molar-refractivity contribution is 0.0376. The van der Waals surface area contributed by atoms with Gasteiger partial charge in [0, 0.05) is 44.8 Å². The molecular weight excluding hydrogens is 352 g/mol. The SMILES string of the molecule is CCNC(=NCC1(c2ccccc2)CCOCC1)NCCCN1CCOCC1. The molecule has 0 radical (unpaired) electrons. The highest BCUT2D eigenvalue weighted by molar-refractivity contribution is 5.79. The molecule has 2 N–H and O–H groups in total. The van der Waals surface area contributed by atoms with Gasteiger partial charge in [-0.2, -0.15) is 0 Å². The minimum absolute atomic E-state index is 0.0790. The van der Waals surface area contributed by atoms with Crippen molar-refractivity contribution in [3.05, 3.63) is 35.9 Å². The number of guanidine groups is 1. The van der Waals surface area contributed by atoms with Gasteiger partial charge in [0.1, 0.15) is 0 Å². The van der Waals surface area contributed by atoms with Crippen molar-refractivity contribution in [2.75, 3.05) is 65.7 Å². The Kier molecular flexibility index (Phi) is 8.58. The summed E-state index contributed by atoms with van der Waals surface area (Å²) < 4.78 is 11.1. The Hall–Kier alpha value is -1.63. The van der Waals surface area contributed by atoms with Crippen LogP contribution in [0.3, 0.4) is 0 Å². The lowest BCUT2D eigenvalue weighted by atomic mass is 9.74. The van der Waals surface area contributed by atoms with Gasteiger partial charge in [0.25, 0.3) is 0 Å². The molecule has 28 heavy (non-hydrogen) atoms. The average Bonchev–Trinajstić information content (AvgIpc) is 2.77. The lowest BCUT2D eigenvalue weighted by Crippen LogP contribution is -2.42. The third kappa shape index (κ3) is 6.19. The molecule has 3 rings (SSSR count). The molecule has 0 bridgehead atoms. The first-order chi connectivity index (χ1) is 13.8. The van der Waals surface area contributed by atoms with Gasteiger partial charge >= 0.3 is 0 Å². The Labute approximate surface area is 169 Å². The van der Waals surface area contributed by atoms with Crippen molar-refractivity contribution < 1.29 is 9.47 Å². The molecule has 2 aliphatic rings. The molecule has 2 heterocycles. The molecule has 156 valence electrons. The number of ether oxygens (including phenoxy) is 2. The Bertz CT molecular complexity index is 581. The fourth-order valence-electron chi connectivity index (χ4n) is 4.00. The van der Waals surface area contributed by atoms with Gasteiger partial charge in [-0.25, -0.2) is 0 Å². The summed E-state index contributed by atoms with van der Waals surface area (Å²) in [6.45, 7) is 11.3. The Morgan fingerprint density at radius 3 is 2.46 bits per heavy atom. The number of aliphatic imine (C=N–C) groups is 1. The third-order valence-corrected chi connectivity index (χ3v) is 5.77. The van der Waals surface area contributed by atoms with Crippen LogP contribution in [0, 0.1) is 0 Å². The first kappa shape index (κ1) is 21.1. The smallest absolute Gasteiger partial charge is 0.191 e. The normalized spacial score (nSPS) is 20.7. The quantitative estimate of drug-likeness (QED) is 0.405. The van der Waals surface area contributed by atoms with E-state index < -0.39 is 0 Å². The van der Waals surface area contributed by atoms with Gasteiger partial charge in [0.15, 0.2) is 5.96 Å². The van der Waals surface area contributed by atoms with E-state index in [1.54, 1.807) is 0 Å². The van der Waals surface area contributed by atoms with Gasteiger partial charge in [0.05, 0.1) is 19.8 Å². The summed E-state index contributed by atoms with van der Waals surface area (Å²) in [5.41, 5.74) is 1.46. The zero-order valence-corrected chi connectivity index (χ0v) is 17.3. The van der Waals surface area contributed by atoms with E-state index in [0.717, 1.165) is 90.9 Å². The highest BCUT2D eigenvalue weighted by Gasteiger charge is 2.34. The van der Waals surface area contributed by atoms with E-state index in [0.29, 0.717) is 0 Å². The molecule has 0 aromatic heterocycles. The van der Waals surface area contributed by atoms with E-state index in [1.807, 2.05) is 0 Å². The molecule has 0 spiro atoms. The molecule has 0 aliphatic carbocycles. The van der Waals surface area contributed by atoms with Crippen molar-refractivity contribution in [2.45, 2.75) is 31.6 Å². The molecule has 0 saturated carbocycles. The standard InChI is InChI=1S/C22H36N4O2/c1-2-23-21(24-11-6-12-26-13-17-28-18-14-26)25-19-22(9-15-27-16-10-22)20-7-4-3-5-8-20/h3-5,7-8H,2,6,9-19H2,1H3,(H2,23,24,25). The van der Waals surface area contributed by atoms with Crippen molar-refractivity contribution in [1.29, 1.82) is 0 Å². The van der Waals surface area contributed by atoms with E-state index in [2.05, 4.69) is 52.8 Å². The maximum absolute atomic E-state index is 5.64. The molecule has 2 fully saturated rings. The highest BCUT2D eigenvalue weighted by atomic mass is 16.5. The first-order valence-electron chi connectivity index (χ1n) is 10.8. The number of rotatable bonds is 8. The van der Waals surface area contributed by atoms with Gasteiger partial charge in [-0.15, -0.1) is 0 Å². The van der Waals surface area contributed by atoms with Crippen molar-refractivity contribution in [3.8, 4) is 0 Å². The van der Waals surface area contributed by atoms with Crippen LogP contribution in [0.1, 0.15) is 31.7 Å². The van der Waals surface area contributed by atoms with Crippen LogP contribution in [0.15, 0.2) is 35.3 Å². The van der Waals surface area contributed by atoms with E-state index >= 15 is 0 Å². The second-order valence-electron chi connectivity index (χ2n) is 7.69. The monoisotopic (exact) mass is 388 g/mol. The maximum Gasteiger partial charge on any atom is 0.191 e. The minimum Gasteiger partial charge on any atom is -0.381 e. The zero-order chi connectivity index (χ0) is 19.5. The highest BCUT2D eigenvalue weighted by Crippen LogP contribution is 2.35. The number of nitrogens with one attached hydrogen (secondary N) is 2.